The standard InChI is InChI=1S/C13H19N3O2S/c1-8-9(12(15)17)4-3-5-11(8)16-13(18)10(14)6-7-19-2/h3-5,10H,6-7,14H2,1-2H3,(H2,15,17)(H,16,18)/t10-/m1/s1. The minimum absolute atomic E-state index is 0.251. The molecule has 0 aliphatic carbocycles. The largest absolute Gasteiger partial charge is 0.366 e. The molecule has 1 rings (SSSR count). The van der Waals surface area contributed by atoms with Crippen molar-refractivity contribution < 1.29 is 9.59 Å². The molecule has 0 aromatic heterocycles. The van der Waals surface area contributed by atoms with Crippen molar-refractivity contribution in [3.8, 4) is 0 Å². The fourth-order valence-corrected chi connectivity index (χ4v) is 2.13. The summed E-state index contributed by atoms with van der Waals surface area (Å²) in [6.07, 6.45) is 2.58. The quantitative estimate of drug-likeness (QED) is 0.727. The van der Waals surface area contributed by atoms with Crippen LogP contribution in [-0.4, -0.2) is 29.9 Å². The Morgan fingerprint density at radius 1 is 1.42 bits per heavy atom. The third-order valence-electron chi connectivity index (χ3n) is 2.83. The number of hydrogen-bond acceptors (Lipinski definition) is 4. The number of benzene rings is 1. The zero-order chi connectivity index (χ0) is 14.4. The predicted octanol–water partition coefficient (Wildman–Crippen LogP) is 1.11. The summed E-state index contributed by atoms with van der Waals surface area (Å²) in [6.45, 7) is 1.74. The van der Waals surface area contributed by atoms with Crippen molar-refractivity contribution in [2.45, 2.75) is 19.4 Å². The van der Waals surface area contributed by atoms with Gasteiger partial charge in [0.25, 0.3) is 0 Å². The molecule has 0 unspecified atom stereocenters. The molecule has 0 saturated heterocycles. The number of nitrogens with one attached hydrogen (secondary N) is 1. The number of carbonyl (C=O) groups is 2. The minimum atomic E-state index is -0.552. The lowest BCUT2D eigenvalue weighted by Gasteiger charge is -2.14. The highest BCUT2D eigenvalue weighted by molar-refractivity contribution is 7.98. The molecule has 0 aliphatic rings. The monoisotopic (exact) mass is 281 g/mol. The smallest absolute Gasteiger partial charge is 0.249 e. The molecule has 1 atom stereocenters. The van der Waals surface area contributed by atoms with Crippen LogP contribution in [0.3, 0.4) is 0 Å². The topological polar surface area (TPSA) is 98.2 Å². The molecule has 1 aromatic carbocycles. The molecule has 5 nitrogen and oxygen atoms in total. The van der Waals surface area contributed by atoms with Gasteiger partial charge in [-0.05, 0) is 43.0 Å². The Kier molecular flexibility index (Phi) is 5.85. The number of anilines is 1. The van der Waals surface area contributed by atoms with Gasteiger partial charge >= 0.3 is 0 Å². The fourth-order valence-electron chi connectivity index (χ4n) is 1.64. The van der Waals surface area contributed by atoms with Gasteiger partial charge in [-0.3, -0.25) is 9.59 Å². The highest BCUT2D eigenvalue weighted by Gasteiger charge is 2.15. The van der Waals surface area contributed by atoms with E-state index in [1.54, 1.807) is 36.9 Å². The minimum Gasteiger partial charge on any atom is -0.366 e. The van der Waals surface area contributed by atoms with E-state index < -0.39 is 11.9 Å². The number of amides is 2. The summed E-state index contributed by atoms with van der Waals surface area (Å²) in [5, 5.41) is 2.73. The first kappa shape index (κ1) is 15.5. The number of rotatable bonds is 6. The van der Waals surface area contributed by atoms with E-state index >= 15 is 0 Å². The van der Waals surface area contributed by atoms with E-state index in [1.807, 2.05) is 6.26 Å². The van der Waals surface area contributed by atoms with E-state index in [1.165, 1.54) is 0 Å². The highest BCUT2D eigenvalue weighted by Crippen LogP contribution is 2.18. The molecule has 5 N–H and O–H groups in total. The van der Waals surface area contributed by atoms with E-state index in [0.717, 1.165) is 5.75 Å². The molecular weight excluding hydrogens is 262 g/mol. The van der Waals surface area contributed by atoms with E-state index in [2.05, 4.69) is 5.32 Å². The maximum atomic E-state index is 11.9. The summed E-state index contributed by atoms with van der Waals surface area (Å²) < 4.78 is 0. The van der Waals surface area contributed by atoms with Gasteiger partial charge in [-0.15, -0.1) is 0 Å². The Morgan fingerprint density at radius 2 is 2.11 bits per heavy atom. The van der Waals surface area contributed by atoms with Crippen molar-refractivity contribution in [3.05, 3.63) is 29.3 Å². The Bertz CT molecular complexity index is 477. The van der Waals surface area contributed by atoms with E-state index in [-0.39, 0.29) is 5.91 Å². The van der Waals surface area contributed by atoms with Crippen molar-refractivity contribution in [2.75, 3.05) is 17.3 Å². The van der Waals surface area contributed by atoms with Gasteiger partial charge in [0, 0.05) is 11.3 Å². The lowest BCUT2D eigenvalue weighted by molar-refractivity contribution is -0.117. The second-order valence-corrected chi connectivity index (χ2v) is 5.21. The second-order valence-electron chi connectivity index (χ2n) is 4.22. The molecule has 19 heavy (non-hydrogen) atoms. The van der Waals surface area contributed by atoms with Crippen LogP contribution in [0.2, 0.25) is 0 Å². The average molecular weight is 281 g/mol. The summed E-state index contributed by atoms with van der Waals surface area (Å²) in [7, 11) is 0. The predicted molar refractivity (Wildman–Crippen MR) is 79.3 cm³/mol. The SMILES string of the molecule is CSCC[C@@H](N)C(=O)Nc1cccc(C(N)=O)c1C. The molecule has 0 fully saturated rings. The first-order valence-corrected chi connectivity index (χ1v) is 7.31. The number of primary amides is 1. The number of nitrogens with two attached hydrogens (primary N) is 2. The first-order chi connectivity index (χ1) is 8.97. The van der Waals surface area contributed by atoms with Gasteiger partial charge in [0.15, 0.2) is 0 Å². The second kappa shape index (κ2) is 7.16. The zero-order valence-corrected chi connectivity index (χ0v) is 11.9. The van der Waals surface area contributed by atoms with E-state index in [4.69, 9.17) is 11.5 Å². The Balaban J connectivity index is 2.80. The normalized spacial score (nSPS) is 11.9. The van der Waals surface area contributed by atoms with Gasteiger partial charge in [0.2, 0.25) is 11.8 Å². The number of hydrogen-bond donors (Lipinski definition) is 3. The highest BCUT2D eigenvalue weighted by atomic mass is 32.2. The maximum absolute atomic E-state index is 11.9. The number of thioether (sulfide) groups is 1. The molecule has 2 amide bonds. The van der Waals surface area contributed by atoms with Gasteiger partial charge in [-0.2, -0.15) is 11.8 Å². The third-order valence-corrected chi connectivity index (χ3v) is 3.47. The molecule has 1 aromatic rings. The summed E-state index contributed by atoms with van der Waals surface area (Å²) >= 11 is 1.64. The molecule has 0 saturated carbocycles. The van der Waals surface area contributed by atoms with Gasteiger partial charge in [0.05, 0.1) is 6.04 Å². The molecule has 0 heterocycles. The average Bonchev–Trinajstić information content (AvgIpc) is 2.37. The van der Waals surface area contributed by atoms with Crippen LogP contribution in [0.1, 0.15) is 22.3 Å². The van der Waals surface area contributed by atoms with Crippen LogP contribution >= 0.6 is 11.8 Å². The van der Waals surface area contributed by atoms with E-state index in [9.17, 15) is 9.59 Å². The molecule has 0 radical (unpaired) electrons. The van der Waals surface area contributed by atoms with Gasteiger partial charge in [-0.1, -0.05) is 6.07 Å². The lowest BCUT2D eigenvalue weighted by Crippen LogP contribution is -2.36. The van der Waals surface area contributed by atoms with Crippen LogP contribution in [-0.2, 0) is 4.79 Å². The van der Waals surface area contributed by atoms with Gasteiger partial charge in [-0.25, -0.2) is 0 Å². The first-order valence-electron chi connectivity index (χ1n) is 5.92. The van der Waals surface area contributed by atoms with Crippen LogP contribution in [0.4, 0.5) is 5.69 Å². The number of carbonyl (C=O) groups excluding carboxylic acids is 2. The van der Waals surface area contributed by atoms with Crippen LogP contribution in [0.5, 0.6) is 0 Å². The van der Waals surface area contributed by atoms with Gasteiger partial charge in [0.1, 0.15) is 0 Å². The Hall–Kier alpha value is -1.53. The van der Waals surface area contributed by atoms with Crippen molar-refractivity contribution in [1.82, 2.24) is 0 Å². The summed E-state index contributed by atoms with van der Waals surface area (Å²) in [4.78, 5) is 23.1. The lowest BCUT2D eigenvalue weighted by atomic mass is 10.1. The van der Waals surface area contributed by atoms with Crippen molar-refractivity contribution in [2.24, 2.45) is 11.5 Å². The van der Waals surface area contributed by atoms with Crippen LogP contribution < -0.4 is 16.8 Å². The van der Waals surface area contributed by atoms with Crippen LogP contribution in [0, 0.1) is 6.92 Å². The Labute approximate surface area is 117 Å². The molecule has 0 bridgehead atoms. The molecule has 0 aliphatic heterocycles. The molecule has 104 valence electrons. The summed E-state index contributed by atoms with van der Waals surface area (Å²) in [5.41, 5.74) is 12.7. The van der Waals surface area contributed by atoms with Crippen molar-refractivity contribution in [1.29, 1.82) is 0 Å². The van der Waals surface area contributed by atoms with Crippen LogP contribution in [0.15, 0.2) is 18.2 Å². The van der Waals surface area contributed by atoms with Crippen molar-refractivity contribution in [3.63, 3.8) is 0 Å². The molecule has 0 spiro atoms. The zero-order valence-electron chi connectivity index (χ0n) is 11.1. The van der Waals surface area contributed by atoms with Crippen LogP contribution in [0.25, 0.3) is 0 Å². The maximum Gasteiger partial charge on any atom is 0.249 e. The summed E-state index contributed by atoms with van der Waals surface area (Å²) in [6, 6.07) is 4.47. The molecular formula is C13H19N3O2S. The summed E-state index contributed by atoms with van der Waals surface area (Å²) in [5.74, 6) is 0.0635. The fraction of sp³-hybridized carbons (Fsp3) is 0.385. The van der Waals surface area contributed by atoms with E-state index in [0.29, 0.717) is 23.2 Å². The third kappa shape index (κ3) is 4.25. The van der Waals surface area contributed by atoms with Crippen molar-refractivity contribution >= 4 is 29.3 Å². The molecule has 6 heteroatoms. The van der Waals surface area contributed by atoms with Gasteiger partial charge < -0.3 is 16.8 Å². The Morgan fingerprint density at radius 3 is 2.68 bits per heavy atom.